The second-order valence-corrected chi connectivity index (χ2v) is 7.35. The molecule has 0 fully saturated rings. The van der Waals surface area contributed by atoms with E-state index in [1.807, 2.05) is 45.0 Å². The molecule has 0 radical (unpaired) electrons. The quantitative estimate of drug-likeness (QED) is 0.683. The van der Waals surface area contributed by atoms with Crippen molar-refractivity contribution in [2.45, 2.75) is 33.9 Å². The molecule has 8 heteroatoms. The number of esters is 1. The normalized spacial score (nSPS) is 11.0. The number of ether oxygens (including phenoxy) is 1. The molecule has 1 amide bonds. The molecule has 3 aromatic rings. The summed E-state index contributed by atoms with van der Waals surface area (Å²) in [5.74, 6) is -0.866. The van der Waals surface area contributed by atoms with Gasteiger partial charge in [-0.15, -0.1) is 11.3 Å². The Labute approximate surface area is 160 Å². The van der Waals surface area contributed by atoms with Gasteiger partial charge in [0.1, 0.15) is 11.5 Å². The summed E-state index contributed by atoms with van der Waals surface area (Å²) in [6.45, 7) is 5.96. The fourth-order valence-corrected chi connectivity index (χ4v) is 4.17. The number of carbonyl (C=O) groups is 2. The van der Waals surface area contributed by atoms with Gasteiger partial charge in [-0.2, -0.15) is 0 Å². The number of thiophene rings is 1. The number of nitrogens with zero attached hydrogens (tertiary/aromatic N) is 2. The highest BCUT2D eigenvalue weighted by molar-refractivity contribution is 7.16. The van der Waals surface area contributed by atoms with Crippen molar-refractivity contribution in [3.63, 3.8) is 0 Å². The highest BCUT2D eigenvalue weighted by Gasteiger charge is 2.22. The van der Waals surface area contributed by atoms with Crippen molar-refractivity contribution in [1.82, 2.24) is 9.13 Å². The molecular formula is C19H21N3O4S. The Morgan fingerprint density at radius 1 is 1.15 bits per heavy atom. The lowest BCUT2D eigenvalue weighted by Gasteiger charge is -2.07. The lowest BCUT2D eigenvalue weighted by molar-refractivity contribution is -0.116. The van der Waals surface area contributed by atoms with E-state index in [-0.39, 0.29) is 18.1 Å². The fraction of sp³-hybridized carbons (Fsp3) is 0.316. The van der Waals surface area contributed by atoms with E-state index < -0.39 is 5.97 Å². The summed E-state index contributed by atoms with van der Waals surface area (Å²) in [5, 5.41) is 3.20. The number of anilines is 1. The molecule has 0 saturated carbocycles. The second-order valence-electron chi connectivity index (χ2n) is 6.13. The van der Waals surface area contributed by atoms with Crippen LogP contribution in [0.5, 0.6) is 0 Å². The Balaban J connectivity index is 1.94. The number of nitrogens with one attached hydrogen (secondary N) is 1. The molecule has 1 aromatic carbocycles. The molecule has 7 nitrogen and oxygen atoms in total. The summed E-state index contributed by atoms with van der Waals surface area (Å²) in [6.07, 6.45) is 0. The van der Waals surface area contributed by atoms with Crippen LogP contribution in [0.25, 0.3) is 11.0 Å². The maximum atomic E-state index is 12.7. The lowest BCUT2D eigenvalue weighted by atomic mass is 10.1. The van der Waals surface area contributed by atoms with E-state index in [2.05, 4.69) is 5.32 Å². The molecule has 2 heterocycles. The van der Waals surface area contributed by atoms with Crippen molar-refractivity contribution < 1.29 is 14.3 Å². The number of rotatable bonds is 5. The van der Waals surface area contributed by atoms with Crippen LogP contribution in [0.1, 0.15) is 27.7 Å². The van der Waals surface area contributed by atoms with E-state index in [1.54, 1.807) is 4.57 Å². The highest BCUT2D eigenvalue weighted by atomic mass is 32.1. The fourth-order valence-electron chi connectivity index (χ4n) is 3.10. The lowest BCUT2D eigenvalue weighted by Crippen LogP contribution is -2.29. The molecule has 0 atom stereocenters. The molecule has 0 bridgehead atoms. The minimum atomic E-state index is -0.494. The summed E-state index contributed by atoms with van der Waals surface area (Å²) in [6, 6.07) is 7.36. The zero-order valence-corrected chi connectivity index (χ0v) is 16.5. The number of carbonyl (C=O) groups excluding carboxylic acids is 2. The Hall–Kier alpha value is -2.87. The molecule has 0 unspecified atom stereocenters. The van der Waals surface area contributed by atoms with Crippen LogP contribution in [0.2, 0.25) is 0 Å². The van der Waals surface area contributed by atoms with Gasteiger partial charge in [0.25, 0.3) is 0 Å². The standard InChI is InChI=1S/C19H21N3O4S/c1-5-21-13-8-6-7-9-14(13)22(19(21)25)10-15(23)20-17-16(18(24)26-4)11(2)12(3)27-17/h6-9H,5,10H2,1-4H3,(H,20,23). The molecule has 0 spiro atoms. The minimum Gasteiger partial charge on any atom is -0.465 e. The summed E-state index contributed by atoms with van der Waals surface area (Å²) < 4.78 is 7.89. The summed E-state index contributed by atoms with van der Waals surface area (Å²) in [4.78, 5) is 38.3. The molecule has 27 heavy (non-hydrogen) atoms. The number of imidazole rings is 1. The van der Waals surface area contributed by atoms with Crippen molar-refractivity contribution >= 4 is 39.2 Å². The van der Waals surface area contributed by atoms with E-state index in [0.29, 0.717) is 22.6 Å². The predicted octanol–water partition coefficient (Wildman–Crippen LogP) is 2.93. The van der Waals surface area contributed by atoms with Crippen LogP contribution >= 0.6 is 11.3 Å². The molecule has 142 valence electrons. The molecule has 2 aromatic heterocycles. The number of hydrogen-bond acceptors (Lipinski definition) is 5. The minimum absolute atomic E-state index is 0.136. The summed E-state index contributed by atoms with van der Waals surface area (Å²) in [5.41, 5.74) is 2.39. The third-order valence-electron chi connectivity index (χ3n) is 4.57. The summed E-state index contributed by atoms with van der Waals surface area (Å²) >= 11 is 1.32. The number of aromatic nitrogens is 2. The van der Waals surface area contributed by atoms with Crippen LogP contribution in [-0.2, 0) is 22.6 Å². The molecule has 0 aliphatic rings. The molecular weight excluding hydrogens is 366 g/mol. The molecule has 0 aliphatic heterocycles. The first-order valence-corrected chi connectivity index (χ1v) is 9.36. The van der Waals surface area contributed by atoms with E-state index in [1.165, 1.54) is 23.0 Å². The smallest absolute Gasteiger partial charge is 0.341 e. The van der Waals surface area contributed by atoms with Gasteiger partial charge in [-0.25, -0.2) is 9.59 Å². The third kappa shape index (κ3) is 3.28. The first-order chi connectivity index (χ1) is 12.9. The van der Waals surface area contributed by atoms with E-state index in [9.17, 15) is 14.4 Å². The van der Waals surface area contributed by atoms with Gasteiger partial charge in [0.2, 0.25) is 5.91 Å². The van der Waals surface area contributed by atoms with Crippen LogP contribution in [-0.4, -0.2) is 28.1 Å². The van der Waals surface area contributed by atoms with E-state index >= 15 is 0 Å². The van der Waals surface area contributed by atoms with Crippen molar-refractivity contribution in [3.8, 4) is 0 Å². The van der Waals surface area contributed by atoms with Crippen LogP contribution in [0.3, 0.4) is 0 Å². The number of methoxy groups -OCH3 is 1. The number of hydrogen-bond donors (Lipinski definition) is 1. The van der Waals surface area contributed by atoms with Crippen molar-refractivity contribution in [2.75, 3.05) is 12.4 Å². The maximum Gasteiger partial charge on any atom is 0.341 e. The van der Waals surface area contributed by atoms with E-state index in [4.69, 9.17) is 4.74 Å². The molecule has 1 N–H and O–H groups in total. The Morgan fingerprint density at radius 3 is 2.37 bits per heavy atom. The Bertz CT molecular complexity index is 1090. The van der Waals surface area contributed by atoms with Crippen LogP contribution in [0, 0.1) is 13.8 Å². The molecule has 3 rings (SSSR count). The van der Waals surface area contributed by atoms with Gasteiger partial charge in [-0.3, -0.25) is 13.9 Å². The first kappa shape index (κ1) is 18.9. The van der Waals surface area contributed by atoms with Gasteiger partial charge < -0.3 is 10.1 Å². The van der Waals surface area contributed by atoms with Crippen LogP contribution < -0.4 is 11.0 Å². The number of aryl methyl sites for hydroxylation is 2. The number of para-hydroxylation sites is 2. The van der Waals surface area contributed by atoms with Crippen LogP contribution in [0.15, 0.2) is 29.1 Å². The predicted molar refractivity (Wildman–Crippen MR) is 106 cm³/mol. The van der Waals surface area contributed by atoms with Gasteiger partial charge in [-0.05, 0) is 38.5 Å². The molecule has 0 saturated heterocycles. The van der Waals surface area contributed by atoms with Crippen LogP contribution in [0.4, 0.5) is 5.00 Å². The highest BCUT2D eigenvalue weighted by Crippen LogP contribution is 2.33. The van der Waals surface area contributed by atoms with E-state index in [0.717, 1.165) is 16.0 Å². The maximum absolute atomic E-state index is 12.7. The topological polar surface area (TPSA) is 82.3 Å². The van der Waals surface area contributed by atoms with Gasteiger partial charge in [0.15, 0.2) is 0 Å². The van der Waals surface area contributed by atoms with Crippen molar-refractivity contribution in [1.29, 1.82) is 0 Å². The monoisotopic (exact) mass is 387 g/mol. The zero-order chi connectivity index (χ0) is 19.7. The van der Waals surface area contributed by atoms with Gasteiger partial charge in [0.05, 0.1) is 23.7 Å². The zero-order valence-electron chi connectivity index (χ0n) is 15.7. The van der Waals surface area contributed by atoms with Gasteiger partial charge >= 0.3 is 11.7 Å². The molecule has 0 aliphatic carbocycles. The summed E-state index contributed by atoms with van der Waals surface area (Å²) in [7, 11) is 1.31. The Morgan fingerprint density at radius 2 is 1.78 bits per heavy atom. The number of amides is 1. The van der Waals surface area contributed by atoms with Gasteiger partial charge in [-0.1, -0.05) is 12.1 Å². The van der Waals surface area contributed by atoms with Gasteiger partial charge in [0, 0.05) is 11.4 Å². The van der Waals surface area contributed by atoms with Crippen molar-refractivity contribution in [3.05, 3.63) is 50.8 Å². The second kappa shape index (κ2) is 7.40. The largest absolute Gasteiger partial charge is 0.465 e. The van der Waals surface area contributed by atoms with Crippen molar-refractivity contribution in [2.24, 2.45) is 0 Å². The third-order valence-corrected chi connectivity index (χ3v) is 5.69. The number of fused-ring (bicyclic) bond motifs is 1. The first-order valence-electron chi connectivity index (χ1n) is 8.55. The SMILES string of the molecule is CCn1c(=O)n(CC(=O)Nc2sc(C)c(C)c2C(=O)OC)c2ccccc21. The average Bonchev–Trinajstić information content (AvgIpc) is 3.08. The average molecular weight is 387 g/mol. The Kier molecular flexibility index (Phi) is 5.18. The number of benzene rings is 1.